The Morgan fingerprint density at radius 1 is 1.00 bits per heavy atom. The first kappa shape index (κ1) is 14.9. The van der Waals surface area contributed by atoms with Crippen LogP contribution in [0.25, 0.3) is 6.08 Å². The number of methoxy groups -OCH3 is 1. The van der Waals surface area contributed by atoms with Crippen LogP contribution >= 0.6 is 0 Å². The smallest absolute Gasteiger partial charge is 0.185 e. The van der Waals surface area contributed by atoms with Gasteiger partial charge in [0.25, 0.3) is 0 Å². The molecular formula is C18H19NO2. The van der Waals surface area contributed by atoms with E-state index in [1.807, 2.05) is 73.6 Å². The van der Waals surface area contributed by atoms with E-state index in [0.29, 0.717) is 5.56 Å². The van der Waals surface area contributed by atoms with E-state index in [-0.39, 0.29) is 5.78 Å². The molecule has 3 heteroatoms. The topological polar surface area (TPSA) is 29.5 Å². The van der Waals surface area contributed by atoms with E-state index in [2.05, 4.69) is 0 Å². The molecule has 2 rings (SSSR count). The van der Waals surface area contributed by atoms with Crippen molar-refractivity contribution in [3.05, 3.63) is 65.7 Å². The number of carbonyl (C=O) groups excluding carboxylic acids is 1. The molecule has 0 aliphatic heterocycles. The second-order valence-corrected chi connectivity index (χ2v) is 4.91. The highest BCUT2D eigenvalue weighted by Crippen LogP contribution is 2.15. The molecule has 0 radical (unpaired) electrons. The Balaban J connectivity index is 2.07. The van der Waals surface area contributed by atoms with E-state index in [1.165, 1.54) is 0 Å². The Bertz CT molecular complexity index is 625. The number of hydrogen-bond donors (Lipinski definition) is 0. The number of hydrogen-bond acceptors (Lipinski definition) is 3. The van der Waals surface area contributed by atoms with E-state index < -0.39 is 0 Å². The van der Waals surface area contributed by atoms with Crippen molar-refractivity contribution in [3.8, 4) is 5.75 Å². The van der Waals surface area contributed by atoms with Crippen molar-refractivity contribution < 1.29 is 9.53 Å². The molecule has 2 aromatic rings. The molecule has 3 nitrogen and oxygen atoms in total. The number of nitrogens with zero attached hydrogens (tertiary/aromatic N) is 1. The summed E-state index contributed by atoms with van der Waals surface area (Å²) < 4.78 is 5.10. The molecule has 0 bridgehead atoms. The SMILES string of the molecule is COc1ccc(/C=C/C(=O)c2ccc(N(C)C)cc2)cc1. The Morgan fingerprint density at radius 3 is 2.14 bits per heavy atom. The highest BCUT2D eigenvalue weighted by atomic mass is 16.5. The first-order valence-corrected chi connectivity index (χ1v) is 6.74. The maximum Gasteiger partial charge on any atom is 0.185 e. The monoisotopic (exact) mass is 281 g/mol. The van der Waals surface area contributed by atoms with Gasteiger partial charge in [-0.05, 0) is 48.0 Å². The number of rotatable bonds is 5. The normalized spacial score (nSPS) is 10.6. The molecule has 2 aromatic carbocycles. The van der Waals surface area contributed by atoms with E-state index in [4.69, 9.17) is 4.74 Å². The number of anilines is 1. The molecule has 0 fully saturated rings. The van der Waals surface area contributed by atoms with Crippen LogP contribution in [0.4, 0.5) is 5.69 Å². The number of ether oxygens (including phenoxy) is 1. The molecule has 0 unspecified atom stereocenters. The molecule has 0 heterocycles. The second kappa shape index (κ2) is 6.75. The van der Waals surface area contributed by atoms with Gasteiger partial charge in [-0.3, -0.25) is 4.79 Å². The van der Waals surface area contributed by atoms with Gasteiger partial charge in [0, 0.05) is 25.3 Å². The van der Waals surface area contributed by atoms with Gasteiger partial charge in [0.15, 0.2) is 5.78 Å². The lowest BCUT2D eigenvalue weighted by Gasteiger charge is -2.11. The van der Waals surface area contributed by atoms with E-state index in [9.17, 15) is 4.79 Å². The van der Waals surface area contributed by atoms with Crippen molar-refractivity contribution >= 4 is 17.5 Å². The summed E-state index contributed by atoms with van der Waals surface area (Å²) in [5.41, 5.74) is 2.73. The summed E-state index contributed by atoms with van der Waals surface area (Å²) in [5.74, 6) is 0.800. The Hall–Kier alpha value is -2.55. The van der Waals surface area contributed by atoms with Gasteiger partial charge in [0.2, 0.25) is 0 Å². The highest BCUT2D eigenvalue weighted by molar-refractivity contribution is 6.06. The lowest BCUT2D eigenvalue weighted by atomic mass is 10.1. The van der Waals surface area contributed by atoms with Crippen molar-refractivity contribution in [1.82, 2.24) is 0 Å². The molecule has 0 N–H and O–H groups in total. The van der Waals surface area contributed by atoms with Gasteiger partial charge < -0.3 is 9.64 Å². The first-order chi connectivity index (χ1) is 10.1. The van der Waals surface area contributed by atoms with E-state index in [1.54, 1.807) is 13.2 Å². The summed E-state index contributed by atoms with van der Waals surface area (Å²) in [6.45, 7) is 0. The van der Waals surface area contributed by atoms with Crippen molar-refractivity contribution in [2.45, 2.75) is 0 Å². The van der Waals surface area contributed by atoms with Gasteiger partial charge in [0.05, 0.1) is 7.11 Å². The molecule has 0 spiro atoms. The zero-order valence-electron chi connectivity index (χ0n) is 12.5. The lowest BCUT2D eigenvalue weighted by Crippen LogP contribution is -2.08. The molecule has 0 amide bonds. The Morgan fingerprint density at radius 2 is 1.62 bits per heavy atom. The summed E-state index contributed by atoms with van der Waals surface area (Å²) in [4.78, 5) is 14.1. The molecular weight excluding hydrogens is 262 g/mol. The van der Waals surface area contributed by atoms with Crippen LogP contribution in [0.1, 0.15) is 15.9 Å². The summed E-state index contributed by atoms with van der Waals surface area (Å²) in [6, 6.07) is 15.1. The molecule has 0 aliphatic rings. The number of allylic oxidation sites excluding steroid dienone is 1. The fourth-order valence-corrected chi connectivity index (χ4v) is 1.91. The van der Waals surface area contributed by atoms with E-state index in [0.717, 1.165) is 17.0 Å². The van der Waals surface area contributed by atoms with Crippen molar-refractivity contribution in [3.63, 3.8) is 0 Å². The zero-order valence-corrected chi connectivity index (χ0v) is 12.5. The number of ketones is 1. The van der Waals surface area contributed by atoms with Crippen LogP contribution in [0.2, 0.25) is 0 Å². The van der Waals surface area contributed by atoms with Gasteiger partial charge >= 0.3 is 0 Å². The fourth-order valence-electron chi connectivity index (χ4n) is 1.91. The average molecular weight is 281 g/mol. The highest BCUT2D eigenvalue weighted by Gasteiger charge is 2.02. The van der Waals surface area contributed by atoms with Crippen molar-refractivity contribution in [2.75, 3.05) is 26.1 Å². The third-order valence-electron chi connectivity index (χ3n) is 3.21. The van der Waals surface area contributed by atoms with Gasteiger partial charge in [-0.15, -0.1) is 0 Å². The molecule has 0 aromatic heterocycles. The largest absolute Gasteiger partial charge is 0.497 e. The summed E-state index contributed by atoms with van der Waals surface area (Å²) >= 11 is 0. The van der Waals surface area contributed by atoms with Crippen LogP contribution in [-0.2, 0) is 0 Å². The van der Waals surface area contributed by atoms with Gasteiger partial charge in [-0.25, -0.2) is 0 Å². The Kier molecular flexibility index (Phi) is 4.77. The zero-order chi connectivity index (χ0) is 15.2. The van der Waals surface area contributed by atoms with Crippen LogP contribution < -0.4 is 9.64 Å². The third kappa shape index (κ3) is 3.96. The van der Waals surface area contributed by atoms with Crippen molar-refractivity contribution in [2.24, 2.45) is 0 Å². The molecule has 0 aliphatic carbocycles. The van der Waals surface area contributed by atoms with Crippen LogP contribution in [0, 0.1) is 0 Å². The van der Waals surface area contributed by atoms with Gasteiger partial charge in [0.1, 0.15) is 5.75 Å². The minimum absolute atomic E-state index is 0.00359. The number of carbonyl (C=O) groups is 1. The minimum atomic E-state index is -0.00359. The second-order valence-electron chi connectivity index (χ2n) is 4.91. The average Bonchev–Trinajstić information content (AvgIpc) is 2.53. The quantitative estimate of drug-likeness (QED) is 0.619. The predicted molar refractivity (Wildman–Crippen MR) is 87.1 cm³/mol. The fraction of sp³-hybridized carbons (Fsp3) is 0.167. The maximum atomic E-state index is 12.1. The molecule has 0 saturated carbocycles. The van der Waals surface area contributed by atoms with Crippen LogP contribution in [0.3, 0.4) is 0 Å². The Labute approximate surface area is 125 Å². The summed E-state index contributed by atoms with van der Waals surface area (Å²) in [5, 5.41) is 0. The number of benzene rings is 2. The van der Waals surface area contributed by atoms with Crippen LogP contribution in [0.15, 0.2) is 54.6 Å². The standard InChI is InChI=1S/C18H19NO2/c1-19(2)16-9-7-15(8-10-16)18(20)13-6-14-4-11-17(21-3)12-5-14/h4-13H,1-3H3/b13-6+. The van der Waals surface area contributed by atoms with Gasteiger partial charge in [-0.1, -0.05) is 18.2 Å². The maximum absolute atomic E-state index is 12.1. The molecule has 0 saturated heterocycles. The summed E-state index contributed by atoms with van der Waals surface area (Å²) in [7, 11) is 5.58. The predicted octanol–water partition coefficient (Wildman–Crippen LogP) is 3.66. The van der Waals surface area contributed by atoms with Crippen molar-refractivity contribution in [1.29, 1.82) is 0 Å². The molecule has 0 atom stereocenters. The molecule has 21 heavy (non-hydrogen) atoms. The lowest BCUT2D eigenvalue weighted by molar-refractivity contribution is 0.104. The van der Waals surface area contributed by atoms with Gasteiger partial charge in [-0.2, -0.15) is 0 Å². The third-order valence-corrected chi connectivity index (χ3v) is 3.21. The minimum Gasteiger partial charge on any atom is -0.497 e. The van der Waals surface area contributed by atoms with Crippen LogP contribution in [0.5, 0.6) is 5.75 Å². The molecule has 108 valence electrons. The van der Waals surface area contributed by atoms with Crippen LogP contribution in [-0.4, -0.2) is 27.0 Å². The van der Waals surface area contributed by atoms with E-state index >= 15 is 0 Å². The summed E-state index contributed by atoms with van der Waals surface area (Å²) in [6.07, 6.45) is 3.40. The first-order valence-electron chi connectivity index (χ1n) is 6.74.